The Hall–Kier alpha value is -1.81. The van der Waals surface area contributed by atoms with E-state index in [0.717, 1.165) is 24.5 Å². The number of hydrogen-bond acceptors (Lipinski definition) is 4. The zero-order valence-corrected chi connectivity index (χ0v) is 11.4. The van der Waals surface area contributed by atoms with Crippen LogP contribution in [-0.2, 0) is 16.8 Å². The third-order valence-electron chi connectivity index (χ3n) is 4.85. The topological polar surface area (TPSA) is 47.6 Å². The summed E-state index contributed by atoms with van der Waals surface area (Å²) in [4.78, 5) is 11.7. The molecule has 0 spiro atoms. The summed E-state index contributed by atoms with van der Waals surface area (Å²) in [5.41, 5.74) is 2.34. The van der Waals surface area contributed by atoms with Crippen LogP contribution in [0.5, 0.6) is 11.5 Å². The van der Waals surface area contributed by atoms with Gasteiger partial charge in [0, 0.05) is 30.0 Å². The molecule has 4 nitrogen and oxygen atoms in total. The number of fused-ring (bicyclic) bond motifs is 5. The van der Waals surface area contributed by atoms with Crippen molar-refractivity contribution in [3.63, 3.8) is 0 Å². The summed E-state index contributed by atoms with van der Waals surface area (Å²) in [5.74, 6) is 1.90. The van der Waals surface area contributed by atoms with Crippen LogP contribution in [0.3, 0.4) is 0 Å². The summed E-state index contributed by atoms with van der Waals surface area (Å²) in [6, 6.07) is 4.31. The third kappa shape index (κ3) is 1.43. The van der Waals surface area contributed by atoms with Crippen LogP contribution in [-0.4, -0.2) is 18.6 Å². The van der Waals surface area contributed by atoms with E-state index in [1.54, 1.807) is 6.08 Å². The Morgan fingerprint density at radius 2 is 2.30 bits per heavy atom. The molecule has 104 valence electrons. The lowest BCUT2D eigenvalue weighted by molar-refractivity contribution is -0.116. The Morgan fingerprint density at radius 1 is 1.40 bits per heavy atom. The van der Waals surface area contributed by atoms with Gasteiger partial charge in [0.25, 0.3) is 0 Å². The Bertz CT molecular complexity index is 622. The monoisotopic (exact) mass is 271 g/mol. The van der Waals surface area contributed by atoms with Gasteiger partial charge in [-0.1, -0.05) is 19.1 Å². The number of nitrogens with one attached hydrogen (secondary N) is 1. The molecular formula is C16H17NO3. The molecule has 0 unspecified atom stereocenters. The molecule has 20 heavy (non-hydrogen) atoms. The van der Waals surface area contributed by atoms with Gasteiger partial charge in [0.05, 0.1) is 0 Å². The fraction of sp³-hybridized carbons (Fsp3) is 0.438. The molecule has 2 aliphatic heterocycles. The Labute approximate surface area is 117 Å². The van der Waals surface area contributed by atoms with Crippen LogP contribution in [0.1, 0.15) is 30.9 Å². The fourth-order valence-electron chi connectivity index (χ4n) is 3.76. The lowest BCUT2D eigenvalue weighted by atomic mass is 9.64. The van der Waals surface area contributed by atoms with Gasteiger partial charge < -0.3 is 14.8 Å². The van der Waals surface area contributed by atoms with Gasteiger partial charge in [-0.3, -0.25) is 4.79 Å². The second-order valence-electron chi connectivity index (χ2n) is 5.66. The van der Waals surface area contributed by atoms with Gasteiger partial charge in [-0.15, -0.1) is 0 Å². The number of benzene rings is 1. The van der Waals surface area contributed by atoms with E-state index in [-0.39, 0.29) is 17.2 Å². The van der Waals surface area contributed by atoms with Gasteiger partial charge in [0.2, 0.25) is 6.79 Å². The number of rotatable bonds is 1. The van der Waals surface area contributed by atoms with Crippen LogP contribution in [0.2, 0.25) is 0 Å². The zero-order chi connectivity index (χ0) is 13.7. The average Bonchev–Trinajstić information content (AvgIpc) is 2.95. The van der Waals surface area contributed by atoms with E-state index < -0.39 is 0 Å². The van der Waals surface area contributed by atoms with Gasteiger partial charge in [0.15, 0.2) is 17.3 Å². The van der Waals surface area contributed by atoms with E-state index in [1.165, 1.54) is 11.1 Å². The van der Waals surface area contributed by atoms with Crippen LogP contribution in [0.15, 0.2) is 24.3 Å². The summed E-state index contributed by atoms with van der Waals surface area (Å²) >= 11 is 0. The average molecular weight is 271 g/mol. The highest BCUT2D eigenvalue weighted by atomic mass is 16.7. The lowest BCUT2D eigenvalue weighted by Gasteiger charge is -2.45. The minimum atomic E-state index is -0.109. The van der Waals surface area contributed by atoms with Crippen molar-refractivity contribution in [3.8, 4) is 11.5 Å². The first kappa shape index (κ1) is 12.0. The smallest absolute Gasteiger partial charge is 0.231 e. The fourth-order valence-corrected chi connectivity index (χ4v) is 3.76. The second kappa shape index (κ2) is 4.09. The van der Waals surface area contributed by atoms with Crippen molar-refractivity contribution in [2.24, 2.45) is 0 Å². The van der Waals surface area contributed by atoms with Gasteiger partial charge in [-0.05, 0) is 24.1 Å². The number of ether oxygens (including phenoxy) is 2. The summed E-state index contributed by atoms with van der Waals surface area (Å²) in [6.45, 7) is 3.20. The maximum atomic E-state index is 11.7. The van der Waals surface area contributed by atoms with Crippen molar-refractivity contribution in [3.05, 3.63) is 35.4 Å². The molecule has 1 aromatic carbocycles. The van der Waals surface area contributed by atoms with Crippen LogP contribution < -0.4 is 14.8 Å². The van der Waals surface area contributed by atoms with E-state index in [2.05, 4.69) is 24.4 Å². The highest BCUT2D eigenvalue weighted by Gasteiger charge is 2.45. The molecule has 0 amide bonds. The van der Waals surface area contributed by atoms with Gasteiger partial charge >= 0.3 is 0 Å². The normalized spacial score (nSPS) is 30.1. The Kier molecular flexibility index (Phi) is 2.45. The highest BCUT2D eigenvalue weighted by Crippen LogP contribution is 2.48. The van der Waals surface area contributed by atoms with Crippen molar-refractivity contribution in [1.82, 2.24) is 5.32 Å². The quantitative estimate of drug-likeness (QED) is 0.849. The molecule has 2 heterocycles. The number of allylic oxidation sites excluding steroid dienone is 1. The molecule has 2 atom stereocenters. The standard InChI is InChI=1S/C16H17NO3/c1-2-16-6-5-10(18)7-14(16)17-8-11-12(16)3-4-13-15(11)20-9-19-13/h3-6,14,17H,2,7-9H2,1H3/t14-,16+/m0/s1. The van der Waals surface area contributed by atoms with Crippen LogP contribution in [0, 0.1) is 0 Å². The van der Waals surface area contributed by atoms with Crippen LogP contribution in [0.25, 0.3) is 0 Å². The second-order valence-corrected chi connectivity index (χ2v) is 5.66. The van der Waals surface area contributed by atoms with E-state index in [0.29, 0.717) is 13.2 Å². The molecule has 0 saturated heterocycles. The molecule has 1 aliphatic carbocycles. The van der Waals surface area contributed by atoms with E-state index in [4.69, 9.17) is 9.47 Å². The summed E-state index contributed by atoms with van der Waals surface area (Å²) in [5, 5.41) is 3.52. The third-order valence-corrected chi connectivity index (χ3v) is 4.85. The minimum absolute atomic E-state index is 0.109. The van der Waals surface area contributed by atoms with E-state index >= 15 is 0 Å². The van der Waals surface area contributed by atoms with E-state index in [1.807, 2.05) is 6.07 Å². The zero-order valence-electron chi connectivity index (χ0n) is 11.4. The molecule has 0 aromatic heterocycles. The van der Waals surface area contributed by atoms with Crippen molar-refractivity contribution < 1.29 is 14.3 Å². The largest absolute Gasteiger partial charge is 0.454 e. The Balaban J connectivity index is 1.93. The Morgan fingerprint density at radius 3 is 3.15 bits per heavy atom. The molecular weight excluding hydrogens is 254 g/mol. The predicted molar refractivity (Wildman–Crippen MR) is 73.9 cm³/mol. The van der Waals surface area contributed by atoms with Crippen LogP contribution >= 0.6 is 0 Å². The first-order valence-electron chi connectivity index (χ1n) is 7.12. The maximum absolute atomic E-state index is 11.7. The SMILES string of the molecule is CC[C@]12C=CC(=O)C[C@@H]1NCc1c2ccc2c1OCO2. The van der Waals surface area contributed by atoms with Crippen LogP contribution in [0.4, 0.5) is 0 Å². The molecule has 0 radical (unpaired) electrons. The number of carbonyl (C=O) groups excluding carboxylic acids is 1. The van der Waals surface area contributed by atoms with Crippen molar-refractivity contribution >= 4 is 5.78 Å². The molecule has 4 rings (SSSR count). The minimum Gasteiger partial charge on any atom is -0.454 e. The first-order chi connectivity index (χ1) is 9.74. The summed E-state index contributed by atoms with van der Waals surface area (Å²) in [7, 11) is 0. The molecule has 4 heteroatoms. The van der Waals surface area contributed by atoms with Gasteiger partial charge in [0.1, 0.15) is 0 Å². The molecule has 1 N–H and O–H groups in total. The number of carbonyl (C=O) groups is 1. The molecule has 3 aliphatic rings. The molecule has 0 fully saturated rings. The molecule has 1 aromatic rings. The molecule has 0 saturated carbocycles. The van der Waals surface area contributed by atoms with Crippen molar-refractivity contribution in [2.75, 3.05) is 6.79 Å². The predicted octanol–water partition coefficient (Wildman–Crippen LogP) is 2.06. The number of ketones is 1. The van der Waals surface area contributed by atoms with Crippen molar-refractivity contribution in [1.29, 1.82) is 0 Å². The summed E-state index contributed by atoms with van der Waals surface area (Å²) in [6.07, 6.45) is 5.34. The van der Waals surface area contributed by atoms with Gasteiger partial charge in [-0.2, -0.15) is 0 Å². The van der Waals surface area contributed by atoms with Gasteiger partial charge in [-0.25, -0.2) is 0 Å². The lowest BCUT2D eigenvalue weighted by Crippen LogP contribution is -2.53. The summed E-state index contributed by atoms with van der Waals surface area (Å²) < 4.78 is 11.1. The maximum Gasteiger partial charge on any atom is 0.231 e. The molecule has 0 bridgehead atoms. The van der Waals surface area contributed by atoms with Crippen molar-refractivity contribution in [2.45, 2.75) is 37.8 Å². The number of hydrogen-bond donors (Lipinski definition) is 1. The van der Waals surface area contributed by atoms with E-state index in [9.17, 15) is 4.79 Å². The first-order valence-corrected chi connectivity index (χ1v) is 7.12. The highest BCUT2D eigenvalue weighted by molar-refractivity contribution is 5.92.